The highest BCUT2D eigenvalue weighted by molar-refractivity contribution is 9.10. The lowest BCUT2D eigenvalue weighted by atomic mass is 10.2. The van der Waals surface area contributed by atoms with Gasteiger partial charge in [0.15, 0.2) is 0 Å². The average molecular weight is 320 g/mol. The van der Waals surface area contributed by atoms with E-state index in [1.807, 2.05) is 25.8 Å². The maximum Gasteiger partial charge on any atom is 0.323 e. The largest absolute Gasteiger partial charge is 0.465 e. The number of rotatable bonds is 6. The van der Waals surface area contributed by atoms with E-state index in [2.05, 4.69) is 27.4 Å². The van der Waals surface area contributed by atoms with Crippen molar-refractivity contribution in [2.24, 2.45) is 0 Å². The summed E-state index contributed by atoms with van der Waals surface area (Å²) in [5, 5.41) is 2.05. The van der Waals surface area contributed by atoms with Crippen molar-refractivity contribution in [1.29, 1.82) is 0 Å². The van der Waals surface area contributed by atoms with Crippen molar-refractivity contribution in [3.63, 3.8) is 0 Å². The second kappa shape index (κ2) is 7.13. The van der Waals surface area contributed by atoms with Gasteiger partial charge in [0.25, 0.3) is 0 Å². The maximum absolute atomic E-state index is 11.7. The van der Waals surface area contributed by atoms with Gasteiger partial charge in [0.2, 0.25) is 0 Å². The molecule has 1 heterocycles. The van der Waals surface area contributed by atoms with E-state index in [1.165, 1.54) is 4.88 Å². The van der Waals surface area contributed by atoms with E-state index in [4.69, 9.17) is 4.74 Å². The van der Waals surface area contributed by atoms with Gasteiger partial charge in [-0.25, -0.2) is 0 Å². The van der Waals surface area contributed by atoms with Crippen LogP contribution < -0.4 is 0 Å². The topological polar surface area (TPSA) is 29.5 Å². The number of halogens is 1. The van der Waals surface area contributed by atoms with Crippen LogP contribution in [0.15, 0.2) is 15.9 Å². The third kappa shape index (κ3) is 4.41. The van der Waals surface area contributed by atoms with Crippen LogP contribution in [0.25, 0.3) is 0 Å². The molecule has 5 heteroatoms. The van der Waals surface area contributed by atoms with Gasteiger partial charge in [-0.15, -0.1) is 11.3 Å². The first-order valence-corrected chi connectivity index (χ1v) is 7.35. The number of ether oxygens (including phenoxy) is 1. The Labute approximate surface area is 115 Å². The van der Waals surface area contributed by atoms with Crippen molar-refractivity contribution in [3.05, 3.63) is 20.8 Å². The zero-order valence-corrected chi connectivity index (χ0v) is 12.8. The Hall–Kier alpha value is -0.390. The van der Waals surface area contributed by atoms with E-state index < -0.39 is 0 Å². The summed E-state index contributed by atoms with van der Waals surface area (Å²) in [7, 11) is 1.96. The van der Waals surface area contributed by atoms with Crippen LogP contribution in [0.1, 0.15) is 25.1 Å². The van der Waals surface area contributed by atoms with Crippen LogP contribution >= 0.6 is 27.3 Å². The highest BCUT2D eigenvalue weighted by atomic mass is 79.9. The lowest BCUT2D eigenvalue weighted by molar-refractivity contribution is -0.149. The molecule has 1 atom stereocenters. The summed E-state index contributed by atoms with van der Waals surface area (Å²) in [5.41, 5.74) is 0. The Kier molecular flexibility index (Phi) is 6.16. The van der Waals surface area contributed by atoms with Gasteiger partial charge >= 0.3 is 5.97 Å². The second-order valence-electron chi connectivity index (χ2n) is 3.82. The van der Waals surface area contributed by atoms with E-state index in [0.717, 1.165) is 17.4 Å². The zero-order valence-electron chi connectivity index (χ0n) is 10.4. The van der Waals surface area contributed by atoms with E-state index >= 15 is 0 Å². The Bertz CT molecular complexity index is 367. The van der Waals surface area contributed by atoms with Gasteiger partial charge in [0.1, 0.15) is 6.04 Å². The quantitative estimate of drug-likeness (QED) is 0.753. The molecular weight excluding hydrogens is 302 g/mol. The van der Waals surface area contributed by atoms with E-state index in [0.29, 0.717) is 6.61 Å². The molecule has 0 fully saturated rings. The summed E-state index contributed by atoms with van der Waals surface area (Å²) in [6.45, 7) is 5.05. The van der Waals surface area contributed by atoms with E-state index in [1.54, 1.807) is 11.3 Å². The fraction of sp³-hybridized carbons (Fsp3) is 0.583. The molecule has 96 valence electrons. The highest BCUT2D eigenvalue weighted by Crippen LogP contribution is 2.21. The molecule has 17 heavy (non-hydrogen) atoms. The molecule has 0 saturated heterocycles. The first-order valence-electron chi connectivity index (χ1n) is 5.68. The van der Waals surface area contributed by atoms with Gasteiger partial charge in [0, 0.05) is 21.3 Å². The number of likely N-dealkylation sites (N-methyl/N-ethyl adjacent to an activating group) is 1. The van der Waals surface area contributed by atoms with Gasteiger partial charge in [0.05, 0.1) is 6.61 Å². The predicted molar refractivity (Wildman–Crippen MR) is 74.2 cm³/mol. The van der Waals surface area contributed by atoms with E-state index in [-0.39, 0.29) is 12.0 Å². The van der Waals surface area contributed by atoms with Crippen LogP contribution in [0.3, 0.4) is 0 Å². The molecule has 1 unspecified atom stereocenters. The molecule has 1 aromatic rings. The third-order valence-corrected chi connectivity index (χ3v) is 4.19. The summed E-state index contributed by atoms with van der Waals surface area (Å²) < 4.78 is 6.17. The smallest absolute Gasteiger partial charge is 0.323 e. The van der Waals surface area contributed by atoms with Crippen molar-refractivity contribution >= 4 is 33.2 Å². The zero-order chi connectivity index (χ0) is 12.8. The number of thiophene rings is 1. The number of carbonyl (C=O) groups excluding carboxylic acids is 1. The fourth-order valence-corrected chi connectivity index (χ4v) is 3.20. The molecule has 0 aliphatic carbocycles. The van der Waals surface area contributed by atoms with Crippen molar-refractivity contribution in [1.82, 2.24) is 4.90 Å². The molecule has 0 amide bonds. The SMILES string of the molecule is CCOC(=O)C(CC)N(C)Cc1cc(Br)cs1. The summed E-state index contributed by atoms with van der Waals surface area (Å²) >= 11 is 5.12. The molecule has 0 aliphatic rings. The number of nitrogens with zero attached hydrogens (tertiary/aromatic N) is 1. The van der Waals surface area contributed by atoms with Crippen LogP contribution in [0.2, 0.25) is 0 Å². The summed E-state index contributed by atoms with van der Waals surface area (Å²) in [6.07, 6.45) is 0.766. The normalized spacial score (nSPS) is 12.8. The minimum absolute atomic E-state index is 0.131. The number of esters is 1. The van der Waals surface area contributed by atoms with Crippen molar-refractivity contribution in [2.45, 2.75) is 32.9 Å². The standard InChI is InChI=1S/C12H18BrNO2S/c1-4-11(12(15)16-5-2)14(3)7-10-6-9(13)8-17-10/h6,8,11H,4-5,7H2,1-3H3. The number of hydrogen-bond donors (Lipinski definition) is 0. The van der Waals surface area contributed by atoms with Crippen molar-refractivity contribution in [3.8, 4) is 0 Å². The Morgan fingerprint density at radius 1 is 1.59 bits per heavy atom. The minimum Gasteiger partial charge on any atom is -0.465 e. The molecular formula is C12H18BrNO2S. The Morgan fingerprint density at radius 3 is 2.76 bits per heavy atom. The Morgan fingerprint density at radius 2 is 2.29 bits per heavy atom. The van der Waals surface area contributed by atoms with Crippen LogP contribution in [0, 0.1) is 0 Å². The summed E-state index contributed by atoms with van der Waals surface area (Å²) in [4.78, 5) is 15.0. The molecule has 0 saturated carbocycles. The lowest BCUT2D eigenvalue weighted by Gasteiger charge is -2.24. The van der Waals surface area contributed by atoms with Crippen LogP contribution in [-0.4, -0.2) is 30.6 Å². The van der Waals surface area contributed by atoms with Crippen LogP contribution in [0.4, 0.5) is 0 Å². The molecule has 0 N–H and O–H groups in total. The molecule has 1 aromatic heterocycles. The second-order valence-corrected chi connectivity index (χ2v) is 5.73. The minimum atomic E-state index is -0.157. The molecule has 0 aliphatic heterocycles. The van der Waals surface area contributed by atoms with Gasteiger partial charge in [-0.3, -0.25) is 9.69 Å². The average Bonchev–Trinajstić information content (AvgIpc) is 2.65. The fourth-order valence-electron chi connectivity index (χ4n) is 1.69. The first-order chi connectivity index (χ1) is 8.08. The molecule has 0 radical (unpaired) electrons. The van der Waals surface area contributed by atoms with Gasteiger partial charge < -0.3 is 4.74 Å². The van der Waals surface area contributed by atoms with Crippen LogP contribution in [-0.2, 0) is 16.1 Å². The lowest BCUT2D eigenvalue weighted by Crippen LogP contribution is -2.38. The van der Waals surface area contributed by atoms with Gasteiger partial charge in [-0.2, -0.15) is 0 Å². The first kappa shape index (κ1) is 14.7. The number of hydrogen-bond acceptors (Lipinski definition) is 4. The maximum atomic E-state index is 11.7. The van der Waals surface area contributed by atoms with E-state index in [9.17, 15) is 4.79 Å². The third-order valence-electron chi connectivity index (χ3n) is 2.50. The predicted octanol–water partition coefficient (Wildman–Crippen LogP) is 3.28. The van der Waals surface area contributed by atoms with Crippen molar-refractivity contribution in [2.75, 3.05) is 13.7 Å². The van der Waals surface area contributed by atoms with Gasteiger partial charge in [-0.1, -0.05) is 6.92 Å². The number of carbonyl (C=O) groups is 1. The molecule has 1 rings (SSSR count). The van der Waals surface area contributed by atoms with Crippen molar-refractivity contribution < 1.29 is 9.53 Å². The molecule has 3 nitrogen and oxygen atoms in total. The molecule has 0 aromatic carbocycles. The monoisotopic (exact) mass is 319 g/mol. The Balaban J connectivity index is 2.60. The molecule has 0 bridgehead atoms. The summed E-state index contributed by atoms with van der Waals surface area (Å²) in [5.74, 6) is -0.131. The highest BCUT2D eigenvalue weighted by Gasteiger charge is 2.22. The van der Waals surface area contributed by atoms with Gasteiger partial charge in [-0.05, 0) is 42.4 Å². The van der Waals surface area contributed by atoms with Crippen LogP contribution in [0.5, 0.6) is 0 Å². The summed E-state index contributed by atoms with van der Waals surface area (Å²) in [6, 6.07) is 1.93. The molecule has 0 spiro atoms.